The number of amides is 2. The van der Waals surface area contributed by atoms with Gasteiger partial charge in [-0.25, -0.2) is 0 Å². The molecule has 2 atom stereocenters. The van der Waals surface area contributed by atoms with Crippen LogP contribution in [0.1, 0.15) is 212 Å². The number of benzene rings is 6. The van der Waals surface area contributed by atoms with Crippen molar-refractivity contribution in [3.63, 3.8) is 0 Å². The van der Waals surface area contributed by atoms with Crippen molar-refractivity contribution in [3.8, 4) is 23.7 Å². The molecule has 0 fully saturated rings. The topological polar surface area (TPSA) is 40.6 Å². The van der Waals surface area contributed by atoms with Crippen LogP contribution in [0.25, 0.3) is 54.5 Å². The van der Waals surface area contributed by atoms with Crippen LogP contribution < -0.4 is 0 Å². The van der Waals surface area contributed by atoms with Crippen LogP contribution in [0, 0.1) is 35.5 Å². The monoisotopic (exact) mass is 1150 g/mol. The van der Waals surface area contributed by atoms with Crippen molar-refractivity contribution in [1.29, 1.82) is 0 Å². The lowest BCUT2D eigenvalue weighted by Gasteiger charge is -2.29. The molecule has 2 amide bonds. The van der Waals surface area contributed by atoms with Crippen LogP contribution in [0.3, 0.4) is 0 Å². The fourth-order valence-electron chi connectivity index (χ4n) is 12.9. The second kappa shape index (κ2) is 30.4. The standard InChI is InChI=1S/C78H88N2O2S2/c1-5-9-13-17-19-23-31-59(29-21-15-11-7-3)55-79-75(71-47-45-69(83-71)43-39-57-37-41-65-51-61-33-25-27-35-63(61)53-67(65)49-57)73-74(77(79)81)76(80(78(73)82)56-60(30-22-16-12-8-4)32-24-20-18-14-10-6-2)72-48-46-70(84-72)44-40-58-38-42-66-52-62-34-26-28-36-64(62)54-68(66)50-58/h25-28,33-38,41-42,45-54,59-60H,5-24,29-32,55-56H2,1-4H3. The number of carbonyl (C=O) groups is 2. The van der Waals surface area contributed by atoms with E-state index in [1.54, 1.807) is 22.7 Å². The summed E-state index contributed by atoms with van der Waals surface area (Å²) in [5, 5.41) is 9.63. The third-order valence-electron chi connectivity index (χ3n) is 17.7. The third-order valence-corrected chi connectivity index (χ3v) is 19.7. The Morgan fingerprint density at radius 1 is 0.345 bits per heavy atom. The Kier molecular flexibility index (Phi) is 21.9. The van der Waals surface area contributed by atoms with Gasteiger partial charge in [0.25, 0.3) is 11.8 Å². The first-order valence-electron chi connectivity index (χ1n) is 32.5. The molecule has 4 nitrogen and oxygen atoms in total. The van der Waals surface area contributed by atoms with Crippen molar-refractivity contribution in [1.82, 2.24) is 9.80 Å². The zero-order valence-corrected chi connectivity index (χ0v) is 52.4. The average molecular weight is 1150 g/mol. The lowest BCUT2D eigenvalue weighted by Crippen LogP contribution is -2.34. The van der Waals surface area contributed by atoms with Gasteiger partial charge < -0.3 is 9.80 Å². The predicted molar refractivity (Wildman–Crippen MR) is 361 cm³/mol. The Hall–Kier alpha value is -6.70. The number of hydrogen-bond donors (Lipinski definition) is 0. The van der Waals surface area contributed by atoms with Crippen LogP contribution >= 0.6 is 22.7 Å². The van der Waals surface area contributed by atoms with Crippen molar-refractivity contribution in [3.05, 3.63) is 175 Å². The average Bonchev–Trinajstić information content (AvgIpc) is 1.94. The maximum atomic E-state index is 16.0. The van der Waals surface area contributed by atoms with Crippen molar-refractivity contribution in [2.45, 2.75) is 182 Å². The molecule has 0 saturated carbocycles. The van der Waals surface area contributed by atoms with Gasteiger partial charge in [0.05, 0.1) is 42.0 Å². The summed E-state index contributed by atoms with van der Waals surface area (Å²) in [6.07, 6.45) is 28.8. The fraction of sp³-hybridized carbons (Fsp3) is 0.410. The fourth-order valence-corrected chi connectivity index (χ4v) is 14.8. The molecular formula is C78H88N2O2S2. The van der Waals surface area contributed by atoms with E-state index in [0.717, 1.165) is 93.4 Å². The van der Waals surface area contributed by atoms with E-state index in [0.29, 0.717) is 36.1 Å². The van der Waals surface area contributed by atoms with E-state index in [4.69, 9.17) is 0 Å². The maximum Gasteiger partial charge on any atom is 0.261 e. The van der Waals surface area contributed by atoms with Gasteiger partial charge in [-0.1, -0.05) is 240 Å². The molecular weight excluding hydrogens is 1060 g/mol. The molecule has 2 aliphatic rings. The van der Waals surface area contributed by atoms with Gasteiger partial charge in [-0.3, -0.25) is 9.59 Å². The van der Waals surface area contributed by atoms with Gasteiger partial charge in [-0.15, -0.1) is 22.7 Å². The van der Waals surface area contributed by atoms with Crippen LogP contribution in [0.2, 0.25) is 0 Å². The highest BCUT2D eigenvalue weighted by Gasteiger charge is 2.50. The minimum atomic E-state index is -0.0304. The molecule has 8 aromatic rings. The second-order valence-electron chi connectivity index (χ2n) is 24.2. The molecule has 10 rings (SSSR count). The van der Waals surface area contributed by atoms with Gasteiger partial charge in [-0.05, 0) is 153 Å². The second-order valence-corrected chi connectivity index (χ2v) is 26.3. The first-order chi connectivity index (χ1) is 41.3. The first-order valence-corrected chi connectivity index (χ1v) is 34.2. The molecule has 0 radical (unpaired) electrons. The summed E-state index contributed by atoms with van der Waals surface area (Å²) in [6.45, 7) is 10.3. The molecule has 0 bridgehead atoms. The van der Waals surface area contributed by atoms with E-state index in [9.17, 15) is 0 Å². The van der Waals surface area contributed by atoms with Crippen molar-refractivity contribution in [2.24, 2.45) is 11.8 Å². The van der Waals surface area contributed by atoms with E-state index < -0.39 is 0 Å². The number of carbonyl (C=O) groups excluding carboxylic acids is 2. The number of nitrogens with zero attached hydrogens (tertiary/aromatic N) is 2. The van der Waals surface area contributed by atoms with Crippen molar-refractivity contribution in [2.75, 3.05) is 13.1 Å². The number of unbranched alkanes of at least 4 members (excludes halogenated alkanes) is 16. The summed E-state index contributed by atoms with van der Waals surface area (Å²) in [4.78, 5) is 39.9. The predicted octanol–water partition coefficient (Wildman–Crippen LogP) is 21.7. The summed E-state index contributed by atoms with van der Waals surface area (Å²) in [5.41, 5.74) is 4.65. The van der Waals surface area contributed by atoms with E-state index in [2.05, 4.69) is 195 Å². The normalized spacial score (nSPS) is 14.1. The molecule has 4 heterocycles. The zero-order valence-electron chi connectivity index (χ0n) is 50.8. The zero-order chi connectivity index (χ0) is 58.0. The number of thiophene rings is 2. The largest absolute Gasteiger partial charge is 0.306 e. The van der Waals surface area contributed by atoms with E-state index in [-0.39, 0.29) is 11.8 Å². The lowest BCUT2D eigenvalue weighted by molar-refractivity contribution is -0.124. The summed E-state index contributed by atoms with van der Waals surface area (Å²) < 4.78 is 0. The summed E-state index contributed by atoms with van der Waals surface area (Å²) in [5.74, 6) is 14.7. The highest BCUT2D eigenvalue weighted by molar-refractivity contribution is 7.14. The van der Waals surface area contributed by atoms with Crippen LogP contribution in [0.4, 0.5) is 0 Å². The minimum Gasteiger partial charge on any atom is -0.306 e. The molecule has 2 unspecified atom stereocenters. The molecule has 84 heavy (non-hydrogen) atoms. The Morgan fingerprint density at radius 3 is 1.04 bits per heavy atom. The van der Waals surface area contributed by atoms with Gasteiger partial charge in [0, 0.05) is 24.2 Å². The maximum absolute atomic E-state index is 16.0. The van der Waals surface area contributed by atoms with Gasteiger partial charge in [0.15, 0.2) is 0 Å². The Labute approximate surface area is 510 Å². The van der Waals surface area contributed by atoms with E-state index in [1.165, 1.54) is 146 Å². The van der Waals surface area contributed by atoms with Crippen LogP contribution in [-0.4, -0.2) is 34.7 Å². The SMILES string of the molecule is CCCCCCCCC(CCCCCC)CN1C(=O)C2=C(c3ccc(C#Cc4ccc5cc6ccccc6cc5c4)s3)N(CC(CCCCCC)CCCCCCCC)C(=O)C2=C1c1ccc(C#Cc2ccc3cc4ccccc4cc3c2)s1. The number of hydrogen-bond acceptors (Lipinski definition) is 4. The van der Waals surface area contributed by atoms with Gasteiger partial charge in [-0.2, -0.15) is 0 Å². The van der Waals surface area contributed by atoms with Crippen molar-refractivity contribution >= 4 is 89.0 Å². The summed E-state index contributed by atoms with van der Waals surface area (Å²) in [7, 11) is 0. The smallest absolute Gasteiger partial charge is 0.261 e. The van der Waals surface area contributed by atoms with E-state index in [1.807, 2.05) is 0 Å². The molecule has 2 aromatic heterocycles. The first kappa shape index (κ1) is 60.4. The lowest BCUT2D eigenvalue weighted by atomic mass is 9.93. The summed E-state index contributed by atoms with van der Waals surface area (Å²) in [6, 6.07) is 47.5. The molecule has 434 valence electrons. The molecule has 0 aliphatic carbocycles. The molecule has 0 spiro atoms. The minimum absolute atomic E-state index is 0.0304. The molecule has 6 aromatic carbocycles. The molecule has 6 heteroatoms. The Balaban J connectivity index is 1.04. The summed E-state index contributed by atoms with van der Waals surface area (Å²) >= 11 is 3.23. The van der Waals surface area contributed by atoms with Gasteiger partial charge in [0.2, 0.25) is 0 Å². The highest BCUT2D eigenvalue weighted by atomic mass is 32.1. The molecule has 0 N–H and O–H groups in total. The quantitative estimate of drug-likeness (QED) is 0.0256. The highest BCUT2D eigenvalue weighted by Crippen LogP contribution is 2.50. The number of rotatable bonds is 30. The molecule has 0 saturated heterocycles. The van der Waals surface area contributed by atoms with Crippen LogP contribution in [0.5, 0.6) is 0 Å². The van der Waals surface area contributed by atoms with Gasteiger partial charge in [0.1, 0.15) is 0 Å². The Bertz CT molecular complexity index is 3510. The van der Waals surface area contributed by atoms with Crippen LogP contribution in [0.15, 0.2) is 145 Å². The van der Waals surface area contributed by atoms with Gasteiger partial charge >= 0.3 is 0 Å². The Morgan fingerprint density at radius 2 is 0.667 bits per heavy atom. The van der Waals surface area contributed by atoms with Crippen LogP contribution in [-0.2, 0) is 9.59 Å². The molecule has 2 aliphatic heterocycles. The van der Waals surface area contributed by atoms with E-state index >= 15 is 9.59 Å². The van der Waals surface area contributed by atoms with Crippen molar-refractivity contribution < 1.29 is 9.59 Å². The number of fused-ring (bicyclic) bond motifs is 5. The third kappa shape index (κ3) is 15.2.